The third-order valence-electron chi connectivity index (χ3n) is 5.16. The lowest BCUT2D eigenvalue weighted by Crippen LogP contribution is -2.48. The van der Waals surface area contributed by atoms with Crippen LogP contribution in [0, 0.1) is 11.6 Å². The van der Waals surface area contributed by atoms with Crippen LogP contribution in [0.2, 0.25) is 5.02 Å². The van der Waals surface area contributed by atoms with Gasteiger partial charge in [-0.05, 0) is 48.7 Å². The Morgan fingerprint density at radius 3 is 2.64 bits per heavy atom. The Kier molecular flexibility index (Phi) is 6.86. The van der Waals surface area contributed by atoms with E-state index in [4.69, 9.17) is 16.3 Å². The van der Waals surface area contributed by atoms with Gasteiger partial charge in [-0.25, -0.2) is 8.78 Å². The first-order valence-corrected chi connectivity index (χ1v) is 9.62. The van der Waals surface area contributed by atoms with Gasteiger partial charge in [-0.3, -0.25) is 4.99 Å². The molecule has 2 aromatic rings. The molecule has 0 bridgehead atoms. The number of nitrogens with zero attached hydrogens (tertiary/aromatic N) is 1. The zero-order valence-corrected chi connectivity index (χ0v) is 16.5. The lowest BCUT2D eigenvalue weighted by atomic mass is 9.74. The van der Waals surface area contributed by atoms with Crippen LogP contribution >= 0.6 is 11.6 Å². The van der Waals surface area contributed by atoms with Crippen LogP contribution in [0.25, 0.3) is 0 Å². The summed E-state index contributed by atoms with van der Waals surface area (Å²) in [7, 11) is 1.65. The van der Waals surface area contributed by atoms with Crippen LogP contribution in [0.5, 0.6) is 0 Å². The van der Waals surface area contributed by atoms with Crippen molar-refractivity contribution in [3.63, 3.8) is 0 Å². The van der Waals surface area contributed by atoms with Crippen molar-refractivity contribution < 1.29 is 13.5 Å². The van der Waals surface area contributed by atoms with E-state index in [2.05, 4.69) is 21.7 Å². The predicted molar refractivity (Wildman–Crippen MR) is 108 cm³/mol. The summed E-state index contributed by atoms with van der Waals surface area (Å²) < 4.78 is 32.7. The van der Waals surface area contributed by atoms with Crippen molar-refractivity contribution in [2.45, 2.75) is 24.8 Å². The third kappa shape index (κ3) is 5.00. The van der Waals surface area contributed by atoms with Gasteiger partial charge in [0.25, 0.3) is 0 Å². The van der Waals surface area contributed by atoms with E-state index in [1.54, 1.807) is 7.05 Å². The number of guanidine groups is 1. The van der Waals surface area contributed by atoms with Crippen molar-refractivity contribution in [3.05, 3.63) is 70.2 Å². The molecule has 1 aliphatic rings. The number of rotatable bonds is 5. The summed E-state index contributed by atoms with van der Waals surface area (Å²) in [6.07, 6.45) is 1.71. The van der Waals surface area contributed by atoms with Crippen molar-refractivity contribution in [1.29, 1.82) is 0 Å². The van der Waals surface area contributed by atoms with Crippen molar-refractivity contribution in [2.24, 2.45) is 4.99 Å². The number of hydrogen-bond acceptors (Lipinski definition) is 2. The number of aliphatic imine (C=N–C) groups is 1. The van der Waals surface area contributed by atoms with E-state index in [1.807, 2.05) is 18.2 Å². The summed E-state index contributed by atoms with van der Waals surface area (Å²) in [4.78, 5) is 4.20. The Morgan fingerprint density at radius 2 is 1.93 bits per heavy atom. The Hall–Kier alpha value is -2.18. The van der Waals surface area contributed by atoms with Crippen LogP contribution in [-0.4, -0.2) is 32.8 Å². The molecule has 0 unspecified atom stereocenters. The summed E-state index contributed by atoms with van der Waals surface area (Å²) in [6, 6.07) is 11.3. The van der Waals surface area contributed by atoms with Gasteiger partial charge in [-0.1, -0.05) is 23.7 Å². The maximum absolute atomic E-state index is 13.8. The smallest absolute Gasteiger partial charge is 0.191 e. The minimum absolute atomic E-state index is 0.134. The molecule has 28 heavy (non-hydrogen) atoms. The second-order valence-corrected chi connectivity index (χ2v) is 7.35. The largest absolute Gasteiger partial charge is 0.381 e. The average Bonchev–Trinajstić information content (AvgIpc) is 2.71. The lowest BCUT2D eigenvalue weighted by Gasteiger charge is -2.38. The third-order valence-corrected chi connectivity index (χ3v) is 5.39. The van der Waals surface area contributed by atoms with Gasteiger partial charge in [0.1, 0.15) is 11.6 Å². The Labute approximate surface area is 169 Å². The van der Waals surface area contributed by atoms with E-state index >= 15 is 0 Å². The molecule has 1 saturated heterocycles. The molecule has 1 fully saturated rings. The van der Waals surface area contributed by atoms with Gasteiger partial charge in [-0.2, -0.15) is 0 Å². The highest BCUT2D eigenvalue weighted by atomic mass is 35.5. The van der Waals surface area contributed by atoms with E-state index in [-0.39, 0.29) is 17.5 Å². The molecule has 150 valence electrons. The molecular formula is C21H24ClF2N3O. The molecule has 2 N–H and O–H groups in total. The fourth-order valence-electron chi connectivity index (χ4n) is 3.48. The van der Waals surface area contributed by atoms with Crippen molar-refractivity contribution in [2.75, 3.05) is 26.8 Å². The molecule has 7 heteroatoms. The maximum Gasteiger partial charge on any atom is 0.191 e. The summed E-state index contributed by atoms with van der Waals surface area (Å²) in [6.45, 7) is 2.11. The van der Waals surface area contributed by atoms with Crippen molar-refractivity contribution in [3.8, 4) is 0 Å². The molecule has 0 atom stereocenters. The Balaban J connectivity index is 1.68. The molecule has 0 radical (unpaired) electrons. The zero-order chi connectivity index (χ0) is 20.0. The number of nitrogens with one attached hydrogen (secondary N) is 2. The summed E-state index contributed by atoms with van der Waals surface area (Å²) in [5.74, 6) is -0.399. The highest BCUT2D eigenvalue weighted by molar-refractivity contribution is 6.30. The van der Waals surface area contributed by atoms with E-state index in [0.29, 0.717) is 30.7 Å². The van der Waals surface area contributed by atoms with Crippen molar-refractivity contribution >= 4 is 17.6 Å². The minimum Gasteiger partial charge on any atom is -0.381 e. The molecule has 3 rings (SSSR count). The highest BCUT2D eigenvalue weighted by Gasteiger charge is 2.34. The number of halogens is 3. The maximum atomic E-state index is 13.8. The molecule has 4 nitrogen and oxygen atoms in total. The molecule has 0 saturated carbocycles. The SMILES string of the molecule is CN=C(NCc1cc(F)ccc1F)NCC1(c2cccc(Cl)c2)CCOCC1. The quantitative estimate of drug-likeness (QED) is 0.581. The fraction of sp³-hybridized carbons (Fsp3) is 0.381. The van der Waals surface area contributed by atoms with Gasteiger partial charge < -0.3 is 15.4 Å². The number of hydrogen-bond donors (Lipinski definition) is 2. The van der Waals surface area contributed by atoms with Crippen LogP contribution in [0.15, 0.2) is 47.5 Å². The van der Waals surface area contributed by atoms with Crippen LogP contribution in [-0.2, 0) is 16.7 Å². The molecule has 0 spiro atoms. The molecule has 0 aromatic heterocycles. The van der Waals surface area contributed by atoms with E-state index in [1.165, 1.54) is 6.07 Å². The monoisotopic (exact) mass is 407 g/mol. The highest BCUT2D eigenvalue weighted by Crippen LogP contribution is 2.35. The average molecular weight is 408 g/mol. The van der Waals surface area contributed by atoms with E-state index < -0.39 is 11.6 Å². The Bertz CT molecular complexity index is 838. The topological polar surface area (TPSA) is 45.7 Å². The first kappa shape index (κ1) is 20.6. The molecule has 0 aliphatic carbocycles. The van der Waals surface area contributed by atoms with Crippen LogP contribution in [0.1, 0.15) is 24.0 Å². The second kappa shape index (κ2) is 9.34. The van der Waals surface area contributed by atoms with Crippen LogP contribution < -0.4 is 10.6 Å². The van der Waals surface area contributed by atoms with Gasteiger partial charge >= 0.3 is 0 Å². The van der Waals surface area contributed by atoms with Crippen LogP contribution in [0.4, 0.5) is 8.78 Å². The predicted octanol–water partition coefficient (Wildman–Crippen LogP) is 4.03. The van der Waals surface area contributed by atoms with Crippen LogP contribution in [0.3, 0.4) is 0 Å². The van der Waals surface area contributed by atoms with E-state index in [9.17, 15) is 8.78 Å². The summed E-state index contributed by atoms with van der Waals surface area (Å²) >= 11 is 6.21. The summed E-state index contributed by atoms with van der Waals surface area (Å²) in [5, 5.41) is 7.08. The van der Waals surface area contributed by atoms with Gasteiger partial charge in [0.2, 0.25) is 0 Å². The molecule has 1 heterocycles. The van der Waals surface area contributed by atoms with Gasteiger partial charge in [0.05, 0.1) is 0 Å². The molecular weight excluding hydrogens is 384 g/mol. The van der Waals surface area contributed by atoms with E-state index in [0.717, 1.165) is 30.5 Å². The second-order valence-electron chi connectivity index (χ2n) is 6.92. The lowest BCUT2D eigenvalue weighted by molar-refractivity contribution is 0.0514. The normalized spacial score (nSPS) is 16.6. The van der Waals surface area contributed by atoms with Gasteiger partial charge in [-0.15, -0.1) is 0 Å². The molecule has 1 aliphatic heterocycles. The standard InChI is InChI=1S/C21H24ClF2N3O/c1-25-20(26-13-15-11-18(23)5-6-19(15)24)27-14-21(7-9-28-10-8-21)16-3-2-4-17(22)12-16/h2-6,11-12H,7-10,13-14H2,1H3,(H2,25,26,27). The summed E-state index contributed by atoms with van der Waals surface area (Å²) in [5.41, 5.74) is 1.27. The molecule has 0 amide bonds. The minimum atomic E-state index is -0.469. The fourth-order valence-corrected chi connectivity index (χ4v) is 3.67. The van der Waals surface area contributed by atoms with Crippen molar-refractivity contribution in [1.82, 2.24) is 10.6 Å². The zero-order valence-electron chi connectivity index (χ0n) is 15.8. The van der Waals surface area contributed by atoms with Gasteiger partial charge in [0.15, 0.2) is 5.96 Å². The van der Waals surface area contributed by atoms with Gasteiger partial charge in [0, 0.05) is 49.4 Å². The first-order chi connectivity index (χ1) is 13.5. The molecule has 2 aromatic carbocycles. The first-order valence-electron chi connectivity index (χ1n) is 9.25. The Morgan fingerprint density at radius 1 is 1.14 bits per heavy atom. The number of benzene rings is 2. The number of ether oxygens (including phenoxy) is 1.